The van der Waals surface area contributed by atoms with Crippen molar-refractivity contribution >= 4 is 23.5 Å². The molecule has 0 spiro atoms. The van der Waals surface area contributed by atoms with Crippen molar-refractivity contribution in [1.82, 2.24) is 5.32 Å². The number of hydrogen-bond acceptors (Lipinski definition) is 2. The van der Waals surface area contributed by atoms with Crippen molar-refractivity contribution in [2.75, 3.05) is 0 Å². The number of rotatable bonds is 5. The van der Waals surface area contributed by atoms with Crippen LogP contribution in [0.2, 0.25) is 5.02 Å². The van der Waals surface area contributed by atoms with Gasteiger partial charge in [0.25, 0.3) is 0 Å². The first-order valence-electron chi connectivity index (χ1n) is 7.17. The average molecular weight is 332 g/mol. The molecule has 2 aromatic carbocycles. The number of carbonyl (C=O) groups excluding carboxylic acids is 1. The van der Waals surface area contributed by atoms with Gasteiger partial charge in [-0.3, -0.25) is 4.79 Å². The summed E-state index contributed by atoms with van der Waals surface area (Å²) in [7, 11) is 0. The highest BCUT2D eigenvalue weighted by molar-refractivity contribution is 6.30. The first-order chi connectivity index (χ1) is 10.8. The van der Waals surface area contributed by atoms with E-state index in [1.807, 2.05) is 48.5 Å². The highest BCUT2D eigenvalue weighted by atomic mass is 35.5. The molecule has 1 amide bonds. The third-order valence-electron chi connectivity index (χ3n) is 3.46. The summed E-state index contributed by atoms with van der Waals surface area (Å²) in [6.07, 6.45) is 0.123. The fourth-order valence-electron chi connectivity index (χ4n) is 2.13. The van der Waals surface area contributed by atoms with Gasteiger partial charge in [-0.2, -0.15) is 0 Å². The minimum atomic E-state index is -1.29. The van der Waals surface area contributed by atoms with Crippen LogP contribution in [0.1, 0.15) is 19.4 Å². The third kappa shape index (κ3) is 4.57. The predicted molar refractivity (Wildman–Crippen MR) is 90.4 cm³/mol. The normalized spacial score (nSPS) is 11.1. The SMILES string of the molecule is CC(C)(NC(=O)Cc1cccc(-c2ccc(Cl)cc2)c1)C(=O)O. The second kappa shape index (κ2) is 6.84. The monoisotopic (exact) mass is 331 g/mol. The topological polar surface area (TPSA) is 66.4 Å². The molecule has 2 N–H and O–H groups in total. The molecule has 0 heterocycles. The first kappa shape index (κ1) is 17.0. The van der Waals surface area contributed by atoms with E-state index in [2.05, 4.69) is 5.32 Å². The molecular weight excluding hydrogens is 314 g/mol. The molecule has 4 nitrogen and oxygen atoms in total. The van der Waals surface area contributed by atoms with Crippen LogP contribution in [0.25, 0.3) is 11.1 Å². The summed E-state index contributed by atoms with van der Waals surface area (Å²) >= 11 is 5.89. The molecular formula is C18H18ClNO3. The second-order valence-electron chi connectivity index (χ2n) is 5.86. The number of aliphatic carboxylic acids is 1. The predicted octanol–water partition coefficient (Wildman–Crippen LogP) is 3.53. The maximum absolute atomic E-state index is 12.0. The van der Waals surface area contributed by atoms with Gasteiger partial charge >= 0.3 is 5.97 Å². The lowest BCUT2D eigenvalue weighted by Crippen LogP contribution is -2.50. The number of amides is 1. The number of carbonyl (C=O) groups is 2. The lowest BCUT2D eigenvalue weighted by atomic mass is 10.0. The summed E-state index contributed by atoms with van der Waals surface area (Å²) in [5.74, 6) is -1.40. The lowest BCUT2D eigenvalue weighted by Gasteiger charge is -2.21. The summed E-state index contributed by atoms with van der Waals surface area (Å²) < 4.78 is 0. The van der Waals surface area contributed by atoms with Crippen LogP contribution in [0, 0.1) is 0 Å². The van der Waals surface area contributed by atoms with E-state index in [4.69, 9.17) is 16.7 Å². The smallest absolute Gasteiger partial charge is 0.328 e. The van der Waals surface area contributed by atoms with Crippen LogP contribution in [-0.2, 0) is 16.0 Å². The van der Waals surface area contributed by atoms with Crippen molar-refractivity contribution in [3.05, 3.63) is 59.1 Å². The molecule has 0 aliphatic heterocycles. The lowest BCUT2D eigenvalue weighted by molar-refractivity contribution is -0.145. The van der Waals surface area contributed by atoms with Crippen molar-refractivity contribution < 1.29 is 14.7 Å². The summed E-state index contributed by atoms with van der Waals surface area (Å²) in [4.78, 5) is 23.1. The van der Waals surface area contributed by atoms with Crippen LogP contribution in [0.3, 0.4) is 0 Å². The number of halogens is 1. The van der Waals surface area contributed by atoms with E-state index in [1.165, 1.54) is 13.8 Å². The molecule has 0 saturated heterocycles. The molecule has 0 aliphatic rings. The molecule has 0 atom stereocenters. The number of carboxylic acids is 1. The van der Waals surface area contributed by atoms with Gasteiger partial charge in [-0.15, -0.1) is 0 Å². The molecule has 0 saturated carbocycles. The Morgan fingerprint density at radius 3 is 2.35 bits per heavy atom. The largest absolute Gasteiger partial charge is 0.480 e. The second-order valence-corrected chi connectivity index (χ2v) is 6.30. The first-order valence-corrected chi connectivity index (χ1v) is 7.55. The quantitative estimate of drug-likeness (QED) is 0.880. The van der Waals surface area contributed by atoms with Crippen molar-refractivity contribution in [2.24, 2.45) is 0 Å². The fraction of sp³-hybridized carbons (Fsp3) is 0.222. The minimum absolute atomic E-state index is 0.123. The molecule has 23 heavy (non-hydrogen) atoms. The molecule has 2 aromatic rings. The van der Waals surface area contributed by atoms with E-state index in [-0.39, 0.29) is 12.3 Å². The number of carboxylic acid groups (broad SMARTS) is 1. The zero-order chi connectivity index (χ0) is 17.0. The maximum atomic E-state index is 12.0. The molecule has 0 aliphatic carbocycles. The summed E-state index contributed by atoms with van der Waals surface area (Å²) in [5.41, 5.74) is 1.51. The molecule has 120 valence electrons. The Balaban J connectivity index is 2.13. The summed E-state index contributed by atoms with van der Waals surface area (Å²) in [5, 5.41) is 12.2. The van der Waals surface area contributed by atoms with Crippen LogP contribution in [0.15, 0.2) is 48.5 Å². The number of nitrogens with one attached hydrogen (secondary N) is 1. The number of hydrogen-bond donors (Lipinski definition) is 2. The van der Waals surface area contributed by atoms with Gasteiger partial charge in [0.1, 0.15) is 5.54 Å². The van der Waals surface area contributed by atoms with E-state index < -0.39 is 11.5 Å². The zero-order valence-electron chi connectivity index (χ0n) is 13.0. The Labute approximate surface area is 140 Å². The Bertz CT molecular complexity index is 723. The van der Waals surface area contributed by atoms with Gasteiger partial charge in [0.15, 0.2) is 0 Å². The van der Waals surface area contributed by atoms with Crippen molar-refractivity contribution in [2.45, 2.75) is 25.8 Å². The van der Waals surface area contributed by atoms with Crippen molar-refractivity contribution in [1.29, 1.82) is 0 Å². The molecule has 0 unspecified atom stereocenters. The molecule has 0 fully saturated rings. The highest BCUT2D eigenvalue weighted by Gasteiger charge is 2.28. The summed E-state index contributed by atoms with van der Waals surface area (Å²) in [6, 6.07) is 15.0. The van der Waals surface area contributed by atoms with Crippen LogP contribution in [-0.4, -0.2) is 22.5 Å². The van der Waals surface area contributed by atoms with Gasteiger partial charge in [-0.1, -0.05) is 48.0 Å². The molecule has 0 aromatic heterocycles. The molecule has 5 heteroatoms. The van der Waals surface area contributed by atoms with Gasteiger partial charge in [-0.25, -0.2) is 4.79 Å². The Morgan fingerprint density at radius 1 is 1.09 bits per heavy atom. The van der Waals surface area contributed by atoms with Crippen LogP contribution in [0.5, 0.6) is 0 Å². The molecule has 0 bridgehead atoms. The van der Waals surface area contributed by atoms with Crippen molar-refractivity contribution in [3.63, 3.8) is 0 Å². The highest BCUT2D eigenvalue weighted by Crippen LogP contribution is 2.22. The molecule has 0 radical (unpaired) electrons. The van der Waals surface area contributed by atoms with E-state index >= 15 is 0 Å². The van der Waals surface area contributed by atoms with Crippen molar-refractivity contribution in [3.8, 4) is 11.1 Å². The maximum Gasteiger partial charge on any atom is 0.328 e. The van der Waals surface area contributed by atoms with Crippen LogP contribution in [0.4, 0.5) is 0 Å². The zero-order valence-corrected chi connectivity index (χ0v) is 13.7. The van der Waals surface area contributed by atoms with E-state index in [0.717, 1.165) is 16.7 Å². The van der Waals surface area contributed by atoms with Gasteiger partial charge in [0.05, 0.1) is 6.42 Å². The summed E-state index contributed by atoms with van der Waals surface area (Å²) in [6.45, 7) is 2.91. The Kier molecular flexibility index (Phi) is 5.06. The average Bonchev–Trinajstić information content (AvgIpc) is 2.47. The van der Waals surface area contributed by atoms with Gasteiger partial charge < -0.3 is 10.4 Å². The van der Waals surface area contributed by atoms with E-state index in [9.17, 15) is 9.59 Å². The standard InChI is InChI=1S/C18H18ClNO3/c1-18(2,17(22)23)20-16(21)11-12-4-3-5-14(10-12)13-6-8-15(19)9-7-13/h3-10H,11H2,1-2H3,(H,20,21)(H,22,23). The van der Waals surface area contributed by atoms with Gasteiger partial charge in [-0.05, 0) is 42.7 Å². The third-order valence-corrected chi connectivity index (χ3v) is 3.71. The Morgan fingerprint density at radius 2 is 1.74 bits per heavy atom. The Hall–Kier alpha value is -2.33. The van der Waals surface area contributed by atoms with E-state index in [1.54, 1.807) is 0 Å². The van der Waals surface area contributed by atoms with Gasteiger partial charge in [0.2, 0.25) is 5.91 Å². The fourth-order valence-corrected chi connectivity index (χ4v) is 2.26. The number of benzene rings is 2. The van der Waals surface area contributed by atoms with Gasteiger partial charge in [0, 0.05) is 5.02 Å². The van der Waals surface area contributed by atoms with Crippen LogP contribution < -0.4 is 5.32 Å². The molecule has 2 rings (SSSR count). The van der Waals surface area contributed by atoms with Crippen LogP contribution >= 0.6 is 11.6 Å². The minimum Gasteiger partial charge on any atom is -0.480 e. The van der Waals surface area contributed by atoms with E-state index in [0.29, 0.717) is 5.02 Å².